The van der Waals surface area contributed by atoms with E-state index in [0.29, 0.717) is 6.04 Å². The number of nitrogens with one attached hydrogen (secondary N) is 1. The van der Waals surface area contributed by atoms with Crippen LogP contribution in [0.25, 0.3) is 0 Å². The van der Waals surface area contributed by atoms with Gasteiger partial charge in [0.25, 0.3) is 0 Å². The molecule has 0 aromatic heterocycles. The molecule has 0 radical (unpaired) electrons. The van der Waals surface area contributed by atoms with E-state index in [1.165, 1.54) is 31.0 Å². The van der Waals surface area contributed by atoms with Gasteiger partial charge in [-0.1, -0.05) is 0 Å². The standard InChI is InChI=1S/C8H18N2S/c1-10(2)6-8-7-11-5-3-4-9-8/h8-9H,3-7H2,1-2H3/t8-/m1/s1. The Morgan fingerprint density at radius 2 is 2.36 bits per heavy atom. The minimum atomic E-state index is 0.706. The van der Waals surface area contributed by atoms with E-state index in [9.17, 15) is 0 Å². The first-order valence-corrected chi connectivity index (χ1v) is 5.40. The molecule has 0 aromatic carbocycles. The van der Waals surface area contributed by atoms with Crippen LogP contribution in [-0.2, 0) is 0 Å². The molecule has 3 heteroatoms. The van der Waals surface area contributed by atoms with Crippen LogP contribution in [-0.4, -0.2) is 49.6 Å². The van der Waals surface area contributed by atoms with Gasteiger partial charge in [0.15, 0.2) is 0 Å². The molecular weight excluding hydrogens is 156 g/mol. The van der Waals surface area contributed by atoms with Gasteiger partial charge in [-0.25, -0.2) is 0 Å². The fourth-order valence-electron chi connectivity index (χ4n) is 1.32. The van der Waals surface area contributed by atoms with Gasteiger partial charge in [0.2, 0.25) is 0 Å². The minimum Gasteiger partial charge on any atom is -0.312 e. The summed E-state index contributed by atoms with van der Waals surface area (Å²) in [4.78, 5) is 2.25. The third kappa shape index (κ3) is 3.99. The van der Waals surface area contributed by atoms with E-state index in [1.807, 2.05) is 0 Å². The van der Waals surface area contributed by atoms with Gasteiger partial charge in [0.1, 0.15) is 0 Å². The van der Waals surface area contributed by atoms with E-state index in [-0.39, 0.29) is 0 Å². The SMILES string of the molecule is CN(C)C[C@@H]1CSCCCN1. The summed E-state index contributed by atoms with van der Waals surface area (Å²) in [6.07, 6.45) is 1.33. The lowest BCUT2D eigenvalue weighted by atomic mass is 10.3. The van der Waals surface area contributed by atoms with Gasteiger partial charge in [-0.05, 0) is 32.8 Å². The van der Waals surface area contributed by atoms with Crippen LogP contribution in [0.2, 0.25) is 0 Å². The summed E-state index contributed by atoms with van der Waals surface area (Å²) in [7, 11) is 4.27. The molecule has 0 saturated carbocycles. The fourth-order valence-corrected chi connectivity index (χ4v) is 2.35. The maximum absolute atomic E-state index is 3.55. The summed E-state index contributed by atoms with van der Waals surface area (Å²) in [5.74, 6) is 2.61. The number of hydrogen-bond acceptors (Lipinski definition) is 3. The van der Waals surface area contributed by atoms with E-state index in [0.717, 1.165) is 0 Å². The van der Waals surface area contributed by atoms with Crippen LogP contribution in [0.15, 0.2) is 0 Å². The van der Waals surface area contributed by atoms with Crippen LogP contribution in [0.4, 0.5) is 0 Å². The first-order valence-electron chi connectivity index (χ1n) is 4.25. The highest BCUT2D eigenvalue weighted by Gasteiger charge is 2.11. The smallest absolute Gasteiger partial charge is 0.0285 e. The zero-order valence-electron chi connectivity index (χ0n) is 7.47. The van der Waals surface area contributed by atoms with Gasteiger partial charge >= 0.3 is 0 Å². The maximum Gasteiger partial charge on any atom is 0.0285 e. The van der Waals surface area contributed by atoms with Crippen molar-refractivity contribution in [3.05, 3.63) is 0 Å². The van der Waals surface area contributed by atoms with Crippen LogP contribution in [0, 0.1) is 0 Å². The average Bonchev–Trinajstić information content (AvgIpc) is 2.14. The number of hydrogen-bond donors (Lipinski definition) is 1. The van der Waals surface area contributed by atoms with Crippen molar-refractivity contribution in [3.8, 4) is 0 Å². The predicted octanol–water partition coefficient (Wildman–Crippen LogP) is 0.643. The number of rotatable bonds is 2. The lowest BCUT2D eigenvalue weighted by molar-refractivity contribution is 0.355. The Labute approximate surface area is 73.7 Å². The van der Waals surface area contributed by atoms with E-state index < -0.39 is 0 Å². The topological polar surface area (TPSA) is 15.3 Å². The van der Waals surface area contributed by atoms with Crippen LogP contribution in [0.5, 0.6) is 0 Å². The number of nitrogens with zero attached hydrogens (tertiary/aromatic N) is 1. The van der Waals surface area contributed by atoms with E-state index >= 15 is 0 Å². The second-order valence-electron chi connectivity index (χ2n) is 3.34. The van der Waals surface area contributed by atoms with Gasteiger partial charge in [-0.3, -0.25) is 0 Å². The van der Waals surface area contributed by atoms with Gasteiger partial charge < -0.3 is 10.2 Å². The van der Waals surface area contributed by atoms with Crippen molar-refractivity contribution in [2.45, 2.75) is 12.5 Å². The third-order valence-electron chi connectivity index (χ3n) is 1.80. The highest BCUT2D eigenvalue weighted by atomic mass is 32.2. The second-order valence-corrected chi connectivity index (χ2v) is 4.49. The molecule has 11 heavy (non-hydrogen) atoms. The molecular formula is C8H18N2S. The minimum absolute atomic E-state index is 0.706. The molecule has 0 aliphatic carbocycles. The van der Waals surface area contributed by atoms with Crippen LogP contribution < -0.4 is 5.32 Å². The van der Waals surface area contributed by atoms with Crippen LogP contribution >= 0.6 is 11.8 Å². The van der Waals surface area contributed by atoms with E-state index in [4.69, 9.17) is 0 Å². The molecule has 1 N–H and O–H groups in total. The number of likely N-dealkylation sites (N-methyl/N-ethyl adjacent to an activating group) is 1. The lowest BCUT2D eigenvalue weighted by Gasteiger charge is -2.19. The summed E-state index contributed by atoms with van der Waals surface area (Å²) >= 11 is 2.08. The quantitative estimate of drug-likeness (QED) is 0.661. The molecule has 66 valence electrons. The molecule has 1 aliphatic rings. The highest BCUT2D eigenvalue weighted by molar-refractivity contribution is 7.99. The predicted molar refractivity (Wildman–Crippen MR) is 52.3 cm³/mol. The van der Waals surface area contributed by atoms with Crippen molar-refractivity contribution in [2.75, 3.05) is 38.7 Å². The Kier molecular flexibility index (Phi) is 4.26. The second kappa shape index (κ2) is 5.01. The van der Waals surface area contributed by atoms with Crippen LogP contribution in [0.3, 0.4) is 0 Å². The Morgan fingerprint density at radius 1 is 1.55 bits per heavy atom. The first kappa shape index (κ1) is 9.36. The average molecular weight is 174 g/mol. The van der Waals surface area contributed by atoms with Crippen LogP contribution in [0.1, 0.15) is 6.42 Å². The molecule has 1 atom stereocenters. The summed E-state index contributed by atoms with van der Waals surface area (Å²) in [5, 5.41) is 3.55. The van der Waals surface area contributed by atoms with Crippen molar-refractivity contribution in [1.29, 1.82) is 0 Å². The fraction of sp³-hybridized carbons (Fsp3) is 1.00. The zero-order chi connectivity index (χ0) is 8.10. The Hall–Kier alpha value is 0.270. The van der Waals surface area contributed by atoms with Crippen molar-refractivity contribution < 1.29 is 0 Å². The number of thioether (sulfide) groups is 1. The molecule has 1 heterocycles. The van der Waals surface area contributed by atoms with Crippen molar-refractivity contribution in [2.24, 2.45) is 0 Å². The molecule has 1 saturated heterocycles. The highest BCUT2D eigenvalue weighted by Crippen LogP contribution is 2.08. The Morgan fingerprint density at radius 3 is 3.09 bits per heavy atom. The zero-order valence-corrected chi connectivity index (χ0v) is 8.28. The normalized spacial score (nSPS) is 27.0. The molecule has 1 aliphatic heterocycles. The largest absolute Gasteiger partial charge is 0.312 e. The summed E-state index contributed by atoms with van der Waals surface area (Å²) in [5.41, 5.74) is 0. The summed E-state index contributed by atoms with van der Waals surface area (Å²) in [6.45, 7) is 2.37. The van der Waals surface area contributed by atoms with Crippen molar-refractivity contribution in [3.63, 3.8) is 0 Å². The molecule has 2 nitrogen and oxygen atoms in total. The van der Waals surface area contributed by atoms with Crippen molar-refractivity contribution in [1.82, 2.24) is 10.2 Å². The summed E-state index contributed by atoms with van der Waals surface area (Å²) in [6, 6.07) is 0.706. The molecule has 0 spiro atoms. The molecule has 0 aromatic rings. The third-order valence-corrected chi connectivity index (χ3v) is 3.02. The van der Waals surface area contributed by atoms with Gasteiger partial charge in [-0.2, -0.15) is 11.8 Å². The lowest BCUT2D eigenvalue weighted by Crippen LogP contribution is -2.39. The molecule has 1 fully saturated rings. The molecule has 1 rings (SSSR count). The van der Waals surface area contributed by atoms with E-state index in [2.05, 4.69) is 36.1 Å². The molecule has 0 amide bonds. The Bertz CT molecular complexity index is 98.3. The van der Waals surface area contributed by atoms with Gasteiger partial charge in [0.05, 0.1) is 0 Å². The van der Waals surface area contributed by atoms with Gasteiger partial charge in [0, 0.05) is 18.3 Å². The monoisotopic (exact) mass is 174 g/mol. The molecule has 0 unspecified atom stereocenters. The first-order chi connectivity index (χ1) is 5.29. The van der Waals surface area contributed by atoms with Gasteiger partial charge in [-0.15, -0.1) is 0 Å². The maximum atomic E-state index is 3.55. The van der Waals surface area contributed by atoms with E-state index in [1.54, 1.807) is 0 Å². The summed E-state index contributed by atoms with van der Waals surface area (Å²) < 4.78 is 0. The van der Waals surface area contributed by atoms with Crippen molar-refractivity contribution >= 4 is 11.8 Å². The Balaban J connectivity index is 2.20. The molecule has 0 bridgehead atoms.